The number of carbonyl (C=O) groups excluding carboxylic acids is 3. The van der Waals surface area contributed by atoms with E-state index in [0.717, 1.165) is 0 Å². The fourth-order valence-corrected chi connectivity index (χ4v) is 2.90. The fraction of sp³-hybridized carbons (Fsp3) is 0.750. The van der Waals surface area contributed by atoms with E-state index in [1.54, 1.807) is 13.8 Å². The van der Waals surface area contributed by atoms with Gasteiger partial charge in [0.2, 0.25) is 5.91 Å². The Labute approximate surface area is 115 Å². The third-order valence-electron chi connectivity index (χ3n) is 3.18. The van der Waals surface area contributed by atoms with Crippen LogP contribution in [0.3, 0.4) is 0 Å². The smallest absolute Gasteiger partial charge is 0.319 e. The number of amides is 1. The monoisotopic (exact) mass is 291 g/mol. The van der Waals surface area contributed by atoms with Gasteiger partial charge in [-0.2, -0.15) is 0 Å². The first-order valence-corrected chi connectivity index (χ1v) is 7.54. The Morgan fingerprint density at radius 3 is 2.05 bits per heavy atom. The first-order chi connectivity index (χ1) is 8.87. The lowest BCUT2D eigenvalue weighted by molar-refractivity contribution is -0.157. The van der Waals surface area contributed by atoms with Crippen molar-refractivity contribution >= 4 is 28.5 Å². The molecule has 0 aromatic heterocycles. The van der Waals surface area contributed by atoms with Crippen molar-refractivity contribution in [1.82, 2.24) is 5.32 Å². The zero-order chi connectivity index (χ0) is 15.1. The van der Waals surface area contributed by atoms with Gasteiger partial charge in [0.25, 0.3) is 0 Å². The summed E-state index contributed by atoms with van der Waals surface area (Å²) < 4.78 is 16.4. The summed E-state index contributed by atoms with van der Waals surface area (Å²) in [6.45, 7) is 3.42. The Balaban J connectivity index is 4.89. The number of methoxy groups -OCH3 is 1. The van der Waals surface area contributed by atoms with Gasteiger partial charge in [0.15, 0.2) is 5.78 Å². The molecule has 0 saturated carbocycles. The number of Topliss-reactive ketones (excluding diaryl/α,β-unsaturated/α-hetero) is 1. The van der Waals surface area contributed by atoms with E-state index in [0.29, 0.717) is 0 Å². The lowest BCUT2D eigenvalue weighted by Crippen LogP contribution is -2.42. The molecule has 0 spiro atoms. The van der Waals surface area contributed by atoms with Crippen molar-refractivity contribution in [2.24, 2.45) is 5.41 Å². The SMILES string of the molecule is CCC(CC)(C(=O)CS(=O)CC(=O)NC)C(=O)OC. The molecule has 1 unspecified atom stereocenters. The van der Waals surface area contributed by atoms with E-state index in [9.17, 15) is 18.6 Å². The maximum atomic E-state index is 12.2. The lowest BCUT2D eigenvalue weighted by atomic mass is 9.79. The molecule has 0 radical (unpaired) electrons. The third kappa shape index (κ3) is 4.41. The van der Waals surface area contributed by atoms with Gasteiger partial charge in [-0.25, -0.2) is 0 Å². The molecule has 0 heterocycles. The van der Waals surface area contributed by atoms with Crippen molar-refractivity contribution in [3.8, 4) is 0 Å². The fourth-order valence-electron chi connectivity index (χ4n) is 1.80. The van der Waals surface area contributed by atoms with Crippen LogP contribution in [0.15, 0.2) is 0 Å². The molecule has 0 fully saturated rings. The Morgan fingerprint density at radius 1 is 1.16 bits per heavy atom. The molecule has 1 N–H and O–H groups in total. The van der Waals surface area contributed by atoms with Gasteiger partial charge >= 0.3 is 5.97 Å². The molecule has 0 aliphatic carbocycles. The number of esters is 1. The van der Waals surface area contributed by atoms with Crippen LogP contribution in [0.4, 0.5) is 0 Å². The average Bonchev–Trinajstić information content (AvgIpc) is 2.39. The third-order valence-corrected chi connectivity index (χ3v) is 4.35. The molecule has 0 saturated heterocycles. The van der Waals surface area contributed by atoms with Gasteiger partial charge < -0.3 is 10.1 Å². The summed E-state index contributed by atoms with van der Waals surface area (Å²) in [5.74, 6) is -2.01. The van der Waals surface area contributed by atoms with Crippen molar-refractivity contribution in [2.45, 2.75) is 26.7 Å². The minimum Gasteiger partial charge on any atom is -0.468 e. The standard InChI is InChI=1S/C12H21NO5S/c1-5-12(6-2,11(16)18-4)9(14)7-19(17)8-10(15)13-3/h5-8H2,1-4H3,(H,13,15). The normalized spacial score (nSPS) is 12.6. The maximum Gasteiger partial charge on any atom is 0.319 e. The van der Waals surface area contributed by atoms with E-state index < -0.39 is 33.9 Å². The minimum absolute atomic E-state index is 0.243. The van der Waals surface area contributed by atoms with Crippen LogP contribution in [-0.2, 0) is 29.9 Å². The summed E-state index contributed by atoms with van der Waals surface area (Å²) in [4.78, 5) is 35.0. The number of hydrogen-bond donors (Lipinski definition) is 1. The predicted octanol–water partition coefficient (Wildman–Crippen LogP) is 0.0296. The summed E-state index contributed by atoms with van der Waals surface area (Å²) in [7, 11) is 1.03. The molecule has 0 rings (SSSR count). The van der Waals surface area contributed by atoms with Gasteiger partial charge in [0, 0.05) is 17.8 Å². The predicted molar refractivity (Wildman–Crippen MR) is 72.0 cm³/mol. The topological polar surface area (TPSA) is 89.5 Å². The van der Waals surface area contributed by atoms with Crippen LogP contribution in [0.5, 0.6) is 0 Å². The minimum atomic E-state index is -1.62. The van der Waals surface area contributed by atoms with E-state index in [4.69, 9.17) is 0 Å². The Bertz CT molecular complexity index is 376. The van der Waals surface area contributed by atoms with E-state index in [1.165, 1.54) is 14.2 Å². The van der Waals surface area contributed by atoms with Gasteiger partial charge in [-0.05, 0) is 12.8 Å². The average molecular weight is 291 g/mol. The largest absolute Gasteiger partial charge is 0.468 e. The molecule has 1 amide bonds. The van der Waals surface area contributed by atoms with Gasteiger partial charge in [-0.1, -0.05) is 13.8 Å². The summed E-state index contributed by atoms with van der Waals surface area (Å²) in [5.41, 5.74) is -1.26. The zero-order valence-corrected chi connectivity index (χ0v) is 12.6. The number of carbonyl (C=O) groups is 3. The highest BCUT2D eigenvalue weighted by Gasteiger charge is 2.43. The summed E-state index contributed by atoms with van der Waals surface area (Å²) >= 11 is 0. The van der Waals surface area contributed by atoms with Crippen molar-refractivity contribution in [2.75, 3.05) is 25.7 Å². The van der Waals surface area contributed by atoms with Crippen LogP contribution >= 0.6 is 0 Å². The van der Waals surface area contributed by atoms with Crippen molar-refractivity contribution in [3.63, 3.8) is 0 Å². The molecule has 0 aromatic carbocycles. The molecule has 110 valence electrons. The summed E-state index contributed by atoms with van der Waals surface area (Å²) in [6.07, 6.45) is 0.568. The van der Waals surface area contributed by atoms with Crippen LogP contribution in [0.2, 0.25) is 0 Å². The second-order valence-electron chi connectivity index (χ2n) is 4.11. The van der Waals surface area contributed by atoms with Crippen molar-refractivity contribution in [1.29, 1.82) is 0 Å². The molecule has 6 nitrogen and oxygen atoms in total. The maximum absolute atomic E-state index is 12.2. The first-order valence-electron chi connectivity index (χ1n) is 6.05. The quantitative estimate of drug-likeness (QED) is 0.503. The molecule has 1 atom stereocenters. The van der Waals surface area contributed by atoms with Gasteiger partial charge in [-0.15, -0.1) is 0 Å². The van der Waals surface area contributed by atoms with Crippen LogP contribution < -0.4 is 5.32 Å². The van der Waals surface area contributed by atoms with E-state index >= 15 is 0 Å². The molecule has 0 aliphatic heterocycles. The highest BCUT2D eigenvalue weighted by molar-refractivity contribution is 7.86. The van der Waals surface area contributed by atoms with Crippen molar-refractivity contribution < 1.29 is 23.3 Å². The summed E-state index contributed by atoms with van der Waals surface area (Å²) in [5, 5.41) is 2.33. The van der Waals surface area contributed by atoms with Crippen LogP contribution in [0.25, 0.3) is 0 Å². The molecule has 0 bridgehead atoms. The van der Waals surface area contributed by atoms with E-state index in [2.05, 4.69) is 10.1 Å². The molecular weight excluding hydrogens is 270 g/mol. The molecule has 0 aliphatic rings. The Kier molecular flexibility index (Phi) is 7.51. The van der Waals surface area contributed by atoms with Crippen LogP contribution in [0, 0.1) is 5.41 Å². The molecule has 0 aromatic rings. The highest BCUT2D eigenvalue weighted by atomic mass is 32.2. The van der Waals surface area contributed by atoms with Crippen molar-refractivity contribution in [3.05, 3.63) is 0 Å². The molecule has 7 heteroatoms. The van der Waals surface area contributed by atoms with E-state index in [-0.39, 0.29) is 24.3 Å². The van der Waals surface area contributed by atoms with Gasteiger partial charge in [0.1, 0.15) is 11.2 Å². The van der Waals surface area contributed by atoms with Gasteiger partial charge in [-0.3, -0.25) is 18.6 Å². The molecular formula is C12H21NO5S. The first kappa shape index (κ1) is 17.8. The number of ketones is 1. The number of nitrogens with one attached hydrogen (secondary N) is 1. The van der Waals surface area contributed by atoms with Crippen LogP contribution in [0.1, 0.15) is 26.7 Å². The number of hydrogen-bond acceptors (Lipinski definition) is 5. The second kappa shape index (κ2) is 8.04. The van der Waals surface area contributed by atoms with Gasteiger partial charge in [0.05, 0.1) is 12.9 Å². The highest BCUT2D eigenvalue weighted by Crippen LogP contribution is 2.29. The van der Waals surface area contributed by atoms with E-state index in [1.807, 2.05) is 0 Å². The summed E-state index contributed by atoms with van der Waals surface area (Å²) in [6, 6.07) is 0. The molecule has 19 heavy (non-hydrogen) atoms. The number of rotatable bonds is 8. The number of ether oxygens (including phenoxy) is 1. The zero-order valence-electron chi connectivity index (χ0n) is 11.8. The van der Waals surface area contributed by atoms with Crippen LogP contribution in [-0.4, -0.2) is 47.5 Å². The Hall–Kier alpha value is -1.24. The Morgan fingerprint density at radius 2 is 1.68 bits per heavy atom. The second-order valence-corrected chi connectivity index (χ2v) is 5.56. The lowest BCUT2D eigenvalue weighted by Gasteiger charge is -2.26.